The first-order valence-corrected chi connectivity index (χ1v) is 7.81. The van der Waals surface area contributed by atoms with E-state index in [0.29, 0.717) is 12.6 Å². The normalized spacial score (nSPS) is 18.2. The topological polar surface area (TPSA) is 30.3 Å². The summed E-state index contributed by atoms with van der Waals surface area (Å²) < 4.78 is 8.82. The second kappa shape index (κ2) is 6.23. The number of hydrogen-bond acceptors (Lipinski definition) is 3. The highest BCUT2D eigenvalue weighted by atomic mass is 127. The molecule has 0 spiro atoms. The summed E-state index contributed by atoms with van der Waals surface area (Å²) in [6.45, 7) is 10.6. The molecule has 18 heavy (non-hydrogen) atoms. The van der Waals surface area contributed by atoms with Crippen LogP contribution in [-0.4, -0.2) is 40.9 Å². The molecule has 1 fully saturated rings. The molecule has 0 amide bonds. The molecule has 1 aliphatic heterocycles. The molecule has 0 bridgehead atoms. The summed E-state index contributed by atoms with van der Waals surface area (Å²) in [7, 11) is 0. The van der Waals surface area contributed by atoms with Crippen LogP contribution in [0, 0.1) is 10.5 Å². The van der Waals surface area contributed by atoms with Gasteiger partial charge >= 0.3 is 0 Å². The Labute approximate surface area is 123 Å². The van der Waals surface area contributed by atoms with E-state index in [0.717, 1.165) is 16.0 Å². The van der Waals surface area contributed by atoms with Crippen molar-refractivity contribution in [3.8, 4) is 5.88 Å². The summed E-state index contributed by atoms with van der Waals surface area (Å²) in [5.41, 5.74) is 1.21. The van der Waals surface area contributed by atoms with E-state index >= 15 is 0 Å². The third-order valence-corrected chi connectivity index (χ3v) is 4.71. The minimum Gasteiger partial charge on any atom is -0.476 e. The maximum Gasteiger partial charge on any atom is 0.246 e. The van der Waals surface area contributed by atoms with E-state index in [-0.39, 0.29) is 0 Å². The number of nitrogens with zero attached hydrogens (tertiary/aromatic N) is 3. The Balaban J connectivity index is 2.08. The molecule has 0 unspecified atom stereocenters. The van der Waals surface area contributed by atoms with Crippen LogP contribution in [0.3, 0.4) is 0 Å². The Bertz CT molecular complexity index is 399. The van der Waals surface area contributed by atoms with Crippen LogP contribution in [-0.2, 0) is 0 Å². The first-order chi connectivity index (χ1) is 8.63. The molecule has 4 nitrogen and oxygen atoms in total. The summed E-state index contributed by atoms with van der Waals surface area (Å²) >= 11 is 2.33. The van der Waals surface area contributed by atoms with Crippen molar-refractivity contribution in [1.82, 2.24) is 14.7 Å². The molecule has 1 atom stereocenters. The van der Waals surface area contributed by atoms with Crippen molar-refractivity contribution in [2.75, 3.05) is 26.2 Å². The van der Waals surface area contributed by atoms with E-state index in [4.69, 9.17) is 4.74 Å². The van der Waals surface area contributed by atoms with Crippen LogP contribution >= 0.6 is 22.6 Å². The Morgan fingerprint density at radius 1 is 1.39 bits per heavy atom. The largest absolute Gasteiger partial charge is 0.476 e. The number of ether oxygens (including phenoxy) is 1. The van der Waals surface area contributed by atoms with Crippen LogP contribution < -0.4 is 4.74 Å². The lowest BCUT2D eigenvalue weighted by Gasteiger charge is -2.21. The second-order valence-corrected chi connectivity index (χ2v) is 6.02. The van der Waals surface area contributed by atoms with Gasteiger partial charge in [-0.25, -0.2) is 0 Å². The van der Waals surface area contributed by atoms with Crippen molar-refractivity contribution in [1.29, 1.82) is 0 Å². The molecule has 2 rings (SSSR count). The zero-order valence-electron chi connectivity index (χ0n) is 11.4. The zero-order valence-corrected chi connectivity index (χ0v) is 13.6. The van der Waals surface area contributed by atoms with Crippen molar-refractivity contribution in [3.63, 3.8) is 0 Å². The summed E-state index contributed by atoms with van der Waals surface area (Å²) in [5, 5.41) is 4.60. The van der Waals surface area contributed by atoms with Gasteiger partial charge in [0.1, 0.15) is 0 Å². The summed E-state index contributed by atoms with van der Waals surface area (Å²) in [4.78, 5) is 2.53. The fourth-order valence-electron chi connectivity index (χ4n) is 2.55. The van der Waals surface area contributed by atoms with Gasteiger partial charge in [0, 0.05) is 6.54 Å². The number of likely N-dealkylation sites (tertiary alicyclic amines) is 1. The molecule has 0 N–H and O–H groups in total. The summed E-state index contributed by atoms with van der Waals surface area (Å²) in [5.74, 6) is 0.781. The molecule has 0 saturated carbocycles. The fraction of sp³-hybridized carbons (Fsp3) is 0.769. The quantitative estimate of drug-likeness (QED) is 0.754. The van der Waals surface area contributed by atoms with Gasteiger partial charge in [-0.15, -0.1) is 5.10 Å². The molecule has 1 saturated heterocycles. The van der Waals surface area contributed by atoms with Gasteiger partial charge in [-0.3, -0.25) is 4.68 Å². The molecular weight excluding hydrogens is 341 g/mol. The Kier molecular flexibility index (Phi) is 4.89. The van der Waals surface area contributed by atoms with Gasteiger partial charge < -0.3 is 9.64 Å². The third kappa shape index (κ3) is 2.99. The van der Waals surface area contributed by atoms with E-state index in [1.807, 2.05) is 6.92 Å². The zero-order chi connectivity index (χ0) is 13.1. The van der Waals surface area contributed by atoms with Crippen LogP contribution in [0.5, 0.6) is 5.88 Å². The average Bonchev–Trinajstić information content (AvgIpc) is 2.93. The number of hydrogen-bond donors (Lipinski definition) is 0. The standard InChI is InChI=1S/C13H22IN3O/c1-4-18-13-12(14)11(3)17(15-13)10(2)9-16-7-5-6-8-16/h10H,4-9H2,1-3H3/t10-/m0/s1. The van der Waals surface area contributed by atoms with Crippen molar-refractivity contribution in [2.45, 2.75) is 39.7 Å². The fourth-order valence-corrected chi connectivity index (χ4v) is 3.06. The van der Waals surface area contributed by atoms with Crippen molar-refractivity contribution >= 4 is 22.6 Å². The first kappa shape index (κ1) is 14.1. The molecule has 0 radical (unpaired) electrons. The highest BCUT2D eigenvalue weighted by molar-refractivity contribution is 14.1. The Morgan fingerprint density at radius 2 is 2.06 bits per heavy atom. The lowest BCUT2D eigenvalue weighted by molar-refractivity contribution is 0.268. The van der Waals surface area contributed by atoms with Crippen molar-refractivity contribution < 1.29 is 4.74 Å². The molecule has 1 aliphatic rings. The molecule has 1 aromatic heterocycles. The minimum atomic E-state index is 0.408. The molecular formula is C13H22IN3O. The highest BCUT2D eigenvalue weighted by Crippen LogP contribution is 2.26. The lowest BCUT2D eigenvalue weighted by atomic mass is 10.3. The van der Waals surface area contributed by atoms with E-state index in [2.05, 4.69) is 51.1 Å². The molecule has 102 valence electrons. The van der Waals surface area contributed by atoms with Gasteiger partial charge in [-0.05, 0) is 69.3 Å². The predicted octanol–water partition coefficient (Wildman–Crippen LogP) is 2.85. The Hall–Kier alpha value is -0.300. The van der Waals surface area contributed by atoms with Crippen molar-refractivity contribution in [3.05, 3.63) is 9.26 Å². The van der Waals surface area contributed by atoms with Crippen molar-refractivity contribution in [2.24, 2.45) is 0 Å². The number of halogens is 1. The van der Waals surface area contributed by atoms with Gasteiger partial charge in [0.2, 0.25) is 5.88 Å². The minimum absolute atomic E-state index is 0.408. The van der Waals surface area contributed by atoms with Crippen LogP contribution in [0.1, 0.15) is 38.4 Å². The van der Waals surface area contributed by atoms with Gasteiger partial charge in [0.25, 0.3) is 0 Å². The van der Waals surface area contributed by atoms with E-state index in [1.165, 1.54) is 31.6 Å². The molecule has 0 aliphatic carbocycles. The maximum absolute atomic E-state index is 5.57. The van der Waals surface area contributed by atoms with Crippen LogP contribution in [0.15, 0.2) is 0 Å². The summed E-state index contributed by atoms with van der Waals surface area (Å²) in [6.07, 6.45) is 2.68. The third-order valence-electron chi connectivity index (χ3n) is 3.47. The van der Waals surface area contributed by atoms with Crippen LogP contribution in [0.25, 0.3) is 0 Å². The van der Waals surface area contributed by atoms with Gasteiger partial charge in [-0.2, -0.15) is 0 Å². The summed E-state index contributed by atoms with van der Waals surface area (Å²) in [6, 6.07) is 0.408. The molecule has 0 aromatic carbocycles. The van der Waals surface area contributed by atoms with E-state index in [9.17, 15) is 0 Å². The SMILES string of the molecule is CCOc1nn([C@@H](C)CN2CCCC2)c(C)c1I. The maximum atomic E-state index is 5.57. The number of aromatic nitrogens is 2. The highest BCUT2D eigenvalue weighted by Gasteiger charge is 2.20. The first-order valence-electron chi connectivity index (χ1n) is 6.73. The Morgan fingerprint density at radius 3 is 2.67 bits per heavy atom. The van der Waals surface area contributed by atoms with E-state index in [1.54, 1.807) is 0 Å². The molecule has 2 heterocycles. The second-order valence-electron chi connectivity index (χ2n) is 4.94. The average molecular weight is 363 g/mol. The smallest absolute Gasteiger partial charge is 0.246 e. The molecule has 5 heteroatoms. The van der Waals surface area contributed by atoms with Gasteiger partial charge in [0.15, 0.2) is 0 Å². The monoisotopic (exact) mass is 363 g/mol. The predicted molar refractivity (Wildman–Crippen MR) is 81.2 cm³/mol. The molecule has 1 aromatic rings. The van der Waals surface area contributed by atoms with Crippen LogP contribution in [0.4, 0.5) is 0 Å². The lowest BCUT2D eigenvalue weighted by Crippen LogP contribution is -2.28. The van der Waals surface area contributed by atoms with Crippen LogP contribution in [0.2, 0.25) is 0 Å². The van der Waals surface area contributed by atoms with E-state index < -0.39 is 0 Å². The van der Waals surface area contributed by atoms with Gasteiger partial charge in [-0.1, -0.05) is 0 Å². The van der Waals surface area contributed by atoms with Gasteiger partial charge in [0.05, 0.1) is 21.9 Å². The number of rotatable bonds is 5.